The van der Waals surface area contributed by atoms with E-state index in [9.17, 15) is 13.2 Å². The normalized spacial score (nSPS) is 11.5. The van der Waals surface area contributed by atoms with Gasteiger partial charge in [0, 0.05) is 6.54 Å². The van der Waals surface area contributed by atoms with Gasteiger partial charge >= 0.3 is 6.36 Å². The van der Waals surface area contributed by atoms with Gasteiger partial charge in [-0.1, -0.05) is 24.3 Å². The third-order valence-corrected chi connectivity index (χ3v) is 3.67. The quantitative estimate of drug-likeness (QED) is 0.242. The van der Waals surface area contributed by atoms with E-state index in [0.717, 1.165) is 24.2 Å². The van der Waals surface area contributed by atoms with E-state index in [1.165, 1.54) is 29.8 Å². The third kappa shape index (κ3) is 9.16. The number of methoxy groups -OCH3 is 1. The van der Waals surface area contributed by atoms with Crippen molar-refractivity contribution in [3.8, 4) is 11.5 Å². The summed E-state index contributed by atoms with van der Waals surface area (Å²) in [6.45, 7) is 0.923. The van der Waals surface area contributed by atoms with E-state index in [1.807, 2.05) is 24.3 Å². The predicted molar refractivity (Wildman–Crippen MR) is 113 cm³/mol. The van der Waals surface area contributed by atoms with Gasteiger partial charge < -0.3 is 20.5 Å². The van der Waals surface area contributed by atoms with Crippen LogP contribution in [0.5, 0.6) is 11.5 Å². The summed E-state index contributed by atoms with van der Waals surface area (Å²) in [5, 5.41) is 3.02. The number of halogens is 4. The molecule has 0 aromatic heterocycles. The van der Waals surface area contributed by atoms with Gasteiger partial charge in [-0.05, 0) is 48.2 Å². The fourth-order valence-electron chi connectivity index (χ4n) is 2.37. The highest BCUT2D eigenvalue weighted by Crippen LogP contribution is 2.22. The van der Waals surface area contributed by atoms with Crippen molar-refractivity contribution in [1.29, 1.82) is 0 Å². The molecule has 0 fully saturated rings. The minimum absolute atomic E-state index is 0. The van der Waals surface area contributed by atoms with Gasteiger partial charge in [-0.15, -0.1) is 37.1 Å². The number of aliphatic imine (C=N–C) groups is 1. The molecule has 0 aliphatic heterocycles. The van der Waals surface area contributed by atoms with Gasteiger partial charge in [0.05, 0.1) is 13.7 Å². The molecule has 0 heterocycles. The van der Waals surface area contributed by atoms with Crippen LogP contribution in [-0.2, 0) is 13.0 Å². The molecular formula is C19H23F3IN3O2. The molecule has 0 saturated heterocycles. The lowest BCUT2D eigenvalue weighted by molar-refractivity contribution is -0.274. The summed E-state index contributed by atoms with van der Waals surface area (Å²) in [5.74, 6) is 0.850. The summed E-state index contributed by atoms with van der Waals surface area (Å²) in [7, 11) is 1.63. The van der Waals surface area contributed by atoms with Crippen molar-refractivity contribution in [2.45, 2.75) is 25.7 Å². The van der Waals surface area contributed by atoms with Gasteiger partial charge in [0.15, 0.2) is 5.96 Å². The van der Waals surface area contributed by atoms with Crippen molar-refractivity contribution < 1.29 is 22.6 Å². The van der Waals surface area contributed by atoms with Gasteiger partial charge in [-0.3, -0.25) is 0 Å². The lowest BCUT2D eigenvalue weighted by Gasteiger charge is -2.09. The Bertz CT molecular complexity index is 753. The summed E-state index contributed by atoms with van der Waals surface area (Å²) in [4.78, 5) is 4.17. The molecule has 3 N–H and O–H groups in total. The molecule has 154 valence electrons. The average Bonchev–Trinajstić information content (AvgIpc) is 2.63. The zero-order valence-corrected chi connectivity index (χ0v) is 17.7. The van der Waals surface area contributed by atoms with Crippen LogP contribution in [0.25, 0.3) is 0 Å². The molecule has 2 aromatic carbocycles. The average molecular weight is 509 g/mol. The monoisotopic (exact) mass is 509 g/mol. The number of nitrogens with one attached hydrogen (secondary N) is 1. The Morgan fingerprint density at radius 1 is 1.07 bits per heavy atom. The van der Waals surface area contributed by atoms with Crippen LogP contribution < -0.4 is 20.5 Å². The highest BCUT2D eigenvalue weighted by molar-refractivity contribution is 14.0. The number of ether oxygens (including phenoxy) is 2. The van der Waals surface area contributed by atoms with Crippen LogP contribution in [0.15, 0.2) is 53.5 Å². The Morgan fingerprint density at radius 3 is 2.43 bits per heavy atom. The van der Waals surface area contributed by atoms with E-state index in [1.54, 1.807) is 7.11 Å². The van der Waals surface area contributed by atoms with Crippen molar-refractivity contribution in [2.24, 2.45) is 10.7 Å². The second-order valence-corrected chi connectivity index (χ2v) is 5.78. The van der Waals surface area contributed by atoms with Gasteiger partial charge in [0.25, 0.3) is 0 Å². The van der Waals surface area contributed by atoms with Gasteiger partial charge in [-0.25, -0.2) is 4.99 Å². The smallest absolute Gasteiger partial charge is 0.497 e. The van der Waals surface area contributed by atoms with Crippen molar-refractivity contribution in [3.63, 3.8) is 0 Å². The van der Waals surface area contributed by atoms with Crippen LogP contribution >= 0.6 is 24.0 Å². The Kier molecular flexibility index (Phi) is 9.91. The van der Waals surface area contributed by atoms with Crippen molar-refractivity contribution in [2.75, 3.05) is 13.7 Å². The largest absolute Gasteiger partial charge is 0.573 e. The fraction of sp³-hybridized carbons (Fsp3) is 0.316. The molecule has 9 heteroatoms. The number of nitrogens with two attached hydrogens (primary N) is 1. The van der Waals surface area contributed by atoms with Crippen LogP contribution in [0.1, 0.15) is 17.5 Å². The second-order valence-electron chi connectivity index (χ2n) is 5.78. The summed E-state index contributed by atoms with van der Waals surface area (Å²) >= 11 is 0. The number of hydrogen-bond donors (Lipinski definition) is 2. The standard InChI is InChI=1S/C19H22F3N3O2.HI/c1-26-17-6-2-4-14(12-17)5-3-11-24-18(23)25-13-15-7-9-16(10-8-15)27-19(20,21)22;/h2,4,6-10,12H,3,5,11,13H2,1H3,(H3,23,24,25);1H. The number of alkyl halides is 3. The Balaban J connectivity index is 0.00000392. The van der Waals surface area contributed by atoms with Gasteiger partial charge in [0.2, 0.25) is 0 Å². The molecule has 5 nitrogen and oxygen atoms in total. The van der Waals surface area contributed by atoms with E-state index in [4.69, 9.17) is 10.5 Å². The van der Waals surface area contributed by atoms with Crippen LogP contribution in [0.2, 0.25) is 0 Å². The minimum atomic E-state index is -4.70. The van der Waals surface area contributed by atoms with Crippen LogP contribution in [0, 0.1) is 0 Å². The minimum Gasteiger partial charge on any atom is -0.497 e. The SMILES string of the molecule is COc1cccc(CCCNC(N)=NCc2ccc(OC(F)(F)F)cc2)c1.I. The lowest BCUT2D eigenvalue weighted by Crippen LogP contribution is -2.32. The molecule has 2 aromatic rings. The summed E-state index contributed by atoms with van der Waals surface area (Å²) in [6.07, 6.45) is -2.95. The maximum absolute atomic E-state index is 12.1. The van der Waals surface area contributed by atoms with Crippen LogP contribution in [0.4, 0.5) is 13.2 Å². The maximum atomic E-state index is 12.1. The van der Waals surface area contributed by atoms with Crippen LogP contribution in [-0.4, -0.2) is 26.0 Å². The van der Waals surface area contributed by atoms with Crippen molar-refractivity contribution in [3.05, 3.63) is 59.7 Å². The second kappa shape index (κ2) is 11.6. The Morgan fingerprint density at radius 2 is 1.79 bits per heavy atom. The first-order valence-electron chi connectivity index (χ1n) is 8.37. The summed E-state index contributed by atoms with van der Waals surface area (Å²) in [6, 6.07) is 13.4. The van der Waals surface area contributed by atoms with Crippen molar-refractivity contribution in [1.82, 2.24) is 5.32 Å². The molecule has 0 bridgehead atoms. The van der Waals surface area contributed by atoms with Crippen molar-refractivity contribution >= 4 is 29.9 Å². The number of nitrogens with zero attached hydrogens (tertiary/aromatic N) is 1. The van der Waals surface area contributed by atoms with E-state index in [-0.39, 0.29) is 42.2 Å². The Labute approximate surface area is 179 Å². The highest BCUT2D eigenvalue weighted by Gasteiger charge is 2.30. The molecule has 0 spiro atoms. The predicted octanol–water partition coefficient (Wildman–Crippen LogP) is 4.25. The lowest BCUT2D eigenvalue weighted by atomic mass is 10.1. The van der Waals surface area contributed by atoms with Gasteiger partial charge in [-0.2, -0.15) is 0 Å². The molecule has 0 radical (unpaired) electrons. The zero-order chi connectivity index (χ0) is 19.7. The van der Waals surface area contributed by atoms with Crippen LogP contribution in [0.3, 0.4) is 0 Å². The summed E-state index contributed by atoms with van der Waals surface area (Å²) in [5.41, 5.74) is 7.71. The first kappa shape index (κ1) is 23.9. The molecule has 0 atom stereocenters. The number of guanidine groups is 1. The topological polar surface area (TPSA) is 68.9 Å². The summed E-state index contributed by atoms with van der Waals surface area (Å²) < 4.78 is 45.3. The van der Waals surface area contributed by atoms with E-state index < -0.39 is 6.36 Å². The third-order valence-electron chi connectivity index (χ3n) is 3.67. The Hall–Kier alpha value is -2.17. The van der Waals surface area contributed by atoms with E-state index in [0.29, 0.717) is 6.54 Å². The zero-order valence-electron chi connectivity index (χ0n) is 15.3. The number of aryl methyl sites for hydroxylation is 1. The number of rotatable bonds is 8. The molecule has 0 saturated carbocycles. The molecule has 0 aliphatic carbocycles. The molecule has 28 heavy (non-hydrogen) atoms. The fourth-order valence-corrected chi connectivity index (χ4v) is 2.37. The molecule has 2 rings (SSSR count). The molecular weight excluding hydrogens is 486 g/mol. The molecule has 0 aliphatic rings. The molecule has 0 amide bonds. The van der Waals surface area contributed by atoms with Gasteiger partial charge in [0.1, 0.15) is 11.5 Å². The number of benzene rings is 2. The first-order chi connectivity index (χ1) is 12.9. The maximum Gasteiger partial charge on any atom is 0.573 e. The van der Waals surface area contributed by atoms with E-state index >= 15 is 0 Å². The highest BCUT2D eigenvalue weighted by atomic mass is 127. The first-order valence-corrected chi connectivity index (χ1v) is 8.37. The van der Waals surface area contributed by atoms with E-state index in [2.05, 4.69) is 15.0 Å². The molecule has 0 unspecified atom stereocenters. The number of hydrogen-bond acceptors (Lipinski definition) is 3.